The fraction of sp³-hybridized carbons (Fsp3) is 0.455. The Bertz CT molecular complexity index is 325. The predicted octanol–water partition coefficient (Wildman–Crippen LogP) is 1.47. The number of nitrogens with one attached hydrogen (secondary N) is 1. The average molecular weight is 209 g/mol. The molecule has 14 heavy (non-hydrogen) atoms. The Morgan fingerprint density at radius 2 is 2.00 bits per heavy atom. The summed E-state index contributed by atoms with van der Waals surface area (Å²) < 4.78 is 11.5. The average Bonchev–Trinajstić information content (AvgIpc) is 2.18. The number of benzene rings is 1. The first-order chi connectivity index (χ1) is 6.75. The van der Waals surface area contributed by atoms with E-state index in [9.17, 15) is 4.21 Å². The van der Waals surface area contributed by atoms with Crippen molar-refractivity contribution in [3.05, 3.63) is 35.9 Å². The molecule has 1 N–H and O–H groups in total. The summed E-state index contributed by atoms with van der Waals surface area (Å²) in [5, 5.41) is 3.47. The van der Waals surface area contributed by atoms with Crippen molar-refractivity contribution in [2.45, 2.75) is 19.0 Å². The topological polar surface area (TPSA) is 29.1 Å². The highest BCUT2D eigenvalue weighted by molar-refractivity contribution is 7.85. The molecule has 76 valence electrons. The fourth-order valence-corrected chi connectivity index (χ4v) is 3.30. The van der Waals surface area contributed by atoms with Gasteiger partial charge in [-0.15, -0.1) is 0 Å². The maximum absolute atomic E-state index is 11.5. The molecule has 1 saturated heterocycles. The molecule has 0 aromatic heterocycles. The molecule has 0 saturated carbocycles. The Labute approximate surface area is 87.2 Å². The molecule has 2 rings (SSSR count). The molecule has 1 fully saturated rings. The standard InChI is InChI=1S/C11H15NOS/c1-9-7-14(13)8-11(12-9)10-5-3-2-4-6-10/h2-6,9,11-12H,7-8H2,1H3. The second kappa shape index (κ2) is 4.24. The third-order valence-electron chi connectivity index (χ3n) is 2.48. The Hall–Kier alpha value is -0.670. The van der Waals surface area contributed by atoms with E-state index in [0.29, 0.717) is 6.04 Å². The van der Waals surface area contributed by atoms with E-state index >= 15 is 0 Å². The largest absolute Gasteiger partial charge is 0.306 e. The van der Waals surface area contributed by atoms with E-state index in [1.807, 2.05) is 18.2 Å². The van der Waals surface area contributed by atoms with Gasteiger partial charge in [-0.1, -0.05) is 30.3 Å². The number of rotatable bonds is 1. The molecular formula is C11H15NOS. The van der Waals surface area contributed by atoms with Gasteiger partial charge in [-0.25, -0.2) is 0 Å². The monoisotopic (exact) mass is 209 g/mol. The van der Waals surface area contributed by atoms with Gasteiger partial charge in [-0.3, -0.25) is 4.21 Å². The van der Waals surface area contributed by atoms with Crippen LogP contribution >= 0.6 is 0 Å². The predicted molar refractivity (Wildman–Crippen MR) is 59.7 cm³/mol. The quantitative estimate of drug-likeness (QED) is 0.759. The normalized spacial score (nSPS) is 32.8. The number of hydrogen-bond acceptors (Lipinski definition) is 2. The molecule has 3 atom stereocenters. The van der Waals surface area contributed by atoms with Crippen molar-refractivity contribution in [2.75, 3.05) is 11.5 Å². The van der Waals surface area contributed by atoms with Crippen molar-refractivity contribution in [3.63, 3.8) is 0 Å². The van der Waals surface area contributed by atoms with E-state index < -0.39 is 10.8 Å². The summed E-state index contributed by atoms with van der Waals surface area (Å²) in [6.07, 6.45) is 0. The molecule has 0 amide bonds. The molecule has 3 heteroatoms. The Morgan fingerprint density at radius 3 is 2.64 bits per heavy atom. The summed E-state index contributed by atoms with van der Waals surface area (Å²) in [7, 11) is -0.663. The molecule has 3 unspecified atom stereocenters. The van der Waals surface area contributed by atoms with Crippen molar-refractivity contribution in [3.8, 4) is 0 Å². The van der Waals surface area contributed by atoms with Gasteiger partial charge in [0.2, 0.25) is 0 Å². The lowest BCUT2D eigenvalue weighted by Crippen LogP contribution is -2.43. The van der Waals surface area contributed by atoms with Crippen LogP contribution in [0.1, 0.15) is 18.5 Å². The molecule has 1 aliphatic rings. The molecule has 0 aliphatic carbocycles. The van der Waals surface area contributed by atoms with E-state index in [1.165, 1.54) is 5.56 Å². The van der Waals surface area contributed by atoms with Gasteiger partial charge in [0.05, 0.1) is 0 Å². The molecule has 1 heterocycles. The second-order valence-electron chi connectivity index (χ2n) is 3.80. The molecule has 0 bridgehead atoms. The van der Waals surface area contributed by atoms with Crippen LogP contribution in [0.3, 0.4) is 0 Å². The van der Waals surface area contributed by atoms with Crippen LogP contribution in [0, 0.1) is 0 Å². The third-order valence-corrected chi connectivity index (χ3v) is 4.05. The zero-order chi connectivity index (χ0) is 9.97. The first-order valence-electron chi connectivity index (χ1n) is 4.91. The fourth-order valence-electron chi connectivity index (χ4n) is 1.85. The summed E-state index contributed by atoms with van der Waals surface area (Å²) in [5.74, 6) is 1.53. The van der Waals surface area contributed by atoms with E-state index in [0.717, 1.165) is 11.5 Å². The highest BCUT2D eigenvalue weighted by Gasteiger charge is 2.23. The highest BCUT2D eigenvalue weighted by Crippen LogP contribution is 2.18. The van der Waals surface area contributed by atoms with Crippen LogP contribution in [0.5, 0.6) is 0 Å². The maximum atomic E-state index is 11.5. The molecule has 0 spiro atoms. The Kier molecular flexibility index (Phi) is 2.99. The van der Waals surface area contributed by atoms with Crippen molar-refractivity contribution in [1.82, 2.24) is 5.32 Å². The van der Waals surface area contributed by atoms with Gasteiger partial charge in [0.1, 0.15) is 0 Å². The molecular weight excluding hydrogens is 194 g/mol. The SMILES string of the molecule is CC1CS(=O)CC(c2ccccc2)N1. The lowest BCUT2D eigenvalue weighted by atomic mass is 10.1. The third kappa shape index (κ3) is 2.22. The molecule has 0 radical (unpaired) electrons. The zero-order valence-corrected chi connectivity index (χ0v) is 9.09. The summed E-state index contributed by atoms with van der Waals surface area (Å²) in [5.41, 5.74) is 1.24. The first-order valence-corrected chi connectivity index (χ1v) is 6.40. The van der Waals surface area contributed by atoms with E-state index in [2.05, 4.69) is 24.4 Å². The van der Waals surface area contributed by atoms with Crippen molar-refractivity contribution in [2.24, 2.45) is 0 Å². The van der Waals surface area contributed by atoms with Gasteiger partial charge in [0, 0.05) is 34.4 Å². The minimum Gasteiger partial charge on any atom is -0.306 e. The van der Waals surface area contributed by atoms with Crippen LogP contribution in [0.15, 0.2) is 30.3 Å². The lowest BCUT2D eigenvalue weighted by molar-refractivity contribution is 0.490. The van der Waals surface area contributed by atoms with Crippen molar-refractivity contribution >= 4 is 10.8 Å². The summed E-state index contributed by atoms with van der Waals surface area (Å²) in [6.45, 7) is 2.09. The molecule has 1 aromatic rings. The minimum absolute atomic E-state index is 0.265. The van der Waals surface area contributed by atoms with Gasteiger partial charge < -0.3 is 5.32 Å². The molecule has 2 nitrogen and oxygen atoms in total. The van der Waals surface area contributed by atoms with Crippen molar-refractivity contribution < 1.29 is 4.21 Å². The highest BCUT2D eigenvalue weighted by atomic mass is 32.2. The molecule has 1 aliphatic heterocycles. The van der Waals surface area contributed by atoms with Crippen LogP contribution in [-0.2, 0) is 10.8 Å². The van der Waals surface area contributed by atoms with E-state index in [1.54, 1.807) is 0 Å². The van der Waals surface area contributed by atoms with E-state index in [-0.39, 0.29) is 6.04 Å². The van der Waals surface area contributed by atoms with Gasteiger partial charge in [-0.05, 0) is 12.5 Å². The summed E-state index contributed by atoms with van der Waals surface area (Å²) in [6, 6.07) is 10.9. The molecule has 1 aromatic carbocycles. The first kappa shape index (κ1) is 9.87. The summed E-state index contributed by atoms with van der Waals surface area (Å²) >= 11 is 0. The Balaban J connectivity index is 2.15. The van der Waals surface area contributed by atoms with Gasteiger partial charge in [-0.2, -0.15) is 0 Å². The minimum atomic E-state index is -0.663. The van der Waals surface area contributed by atoms with Crippen LogP contribution < -0.4 is 5.32 Å². The second-order valence-corrected chi connectivity index (χ2v) is 5.35. The maximum Gasteiger partial charge on any atom is 0.0439 e. The zero-order valence-electron chi connectivity index (χ0n) is 8.27. The van der Waals surface area contributed by atoms with Gasteiger partial charge in [0.25, 0.3) is 0 Å². The van der Waals surface area contributed by atoms with Crippen LogP contribution in [0.2, 0.25) is 0 Å². The lowest BCUT2D eigenvalue weighted by Gasteiger charge is -2.28. The Morgan fingerprint density at radius 1 is 1.29 bits per heavy atom. The smallest absolute Gasteiger partial charge is 0.0439 e. The van der Waals surface area contributed by atoms with Gasteiger partial charge in [0.15, 0.2) is 0 Å². The van der Waals surface area contributed by atoms with Gasteiger partial charge >= 0.3 is 0 Å². The van der Waals surface area contributed by atoms with Crippen LogP contribution in [0.25, 0.3) is 0 Å². The van der Waals surface area contributed by atoms with Crippen LogP contribution in [0.4, 0.5) is 0 Å². The van der Waals surface area contributed by atoms with Crippen LogP contribution in [-0.4, -0.2) is 21.8 Å². The summed E-state index contributed by atoms with van der Waals surface area (Å²) in [4.78, 5) is 0. The number of hydrogen-bond donors (Lipinski definition) is 1. The van der Waals surface area contributed by atoms with E-state index in [4.69, 9.17) is 0 Å². The van der Waals surface area contributed by atoms with Crippen molar-refractivity contribution in [1.29, 1.82) is 0 Å².